The minimum absolute atomic E-state index is 0.301. The normalized spacial score (nSPS) is 10.8. The van der Waals surface area contributed by atoms with Crippen molar-refractivity contribution in [2.75, 3.05) is 10.6 Å². The van der Waals surface area contributed by atoms with Crippen molar-refractivity contribution >= 4 is 28.3 Å². The summed E-state index contributed by atoms with van der Waals surface area (Å²) in [5.41, 5.74) is 5.74. The van der Waals surface area contributed by atoms with Crippen LogP contribution in [0.15, 0.2) is 60.7 Å². The average Bonchev–Trinajstić information content (AvgIpc) is 3.07. The van der Waals surface area contributed by atoms with Gasteiger partial charge in [0.25, 0.3) is 0 Å². The summed E-state index contributed by atoms with van der Waals surface area (Å²) in [6, 6.07) is 17.7. The molecule has 5 nitrogen and oxygen atoms in total. The van der Waals surface area contributed by atoms with Crippen LogP contribution in [0.5, 0.6) is 0 Å². The van der Waals surface area contributed by atoms with Crippen LogP contribution in [0.3, 0.4) is 0 Å². The minimum atomic E-state index is -0.383. The predicted octanol–water partition coefficient (Wildman–Crippen LogP) is 5.63. The van der Waals surface area contributed by atoms with Crippen LogP contribution in [-0.4, -0.2) is 16.2 Å². The van der Waals surface area contributed by atoms with Gasteiger partial charge in [0.05, 0.1) is 5.52 Å². The minimum Gasteiger partial charge on any atom is -0.308 e. The molecule has 3 N–H and O–H groups in total. The third kappa shape index (κ3) is 3.44. The molecule has 140 valence electrons. The summed E-state index contributed by atoms with van der Waals surface area (Å²) in [4.78, 5) is 12.2. The Morgan fingerprint density at radius 1 is 0.964 bits per heavy atom. The fourth-order valence-corrected chi connectivity index (χ4v) is 3.22. The van der Waals surface area contributed by atoms with E-state index < -0.39 is 0 Å². The second kappa shape index (κ2) is 7.15. The topological polar surface area (TPSA) is 69.8 Å². The fraction of sp³-hybridized carbons (Fsp3) is 0.0909. The first-order valence-corrected chi connectivity index (χ1v) is 8.89. The van der Waals surface area contributed by atoms with E-state index in [0.717, 1.165) is 27.7 Å². The van der Waals surface area contributed by atoms with Crippen molar-refractivity contribution < 1.29 is 9.18 Å². The maximum Gasteiger partial charge on any atom is 0.323 e. The predicted molar refractivity (Wildman–Crippen MR) is 110 cm³/mol. The lowest BCUT2D eigenvalue weighted by atomic mass is 10.00. The number of anilines is 2. The molecule has 0 spiro atoms. The Hall–Kier alpha value is -3.67. The van der Waals surface area contributed by atoms with E-state index in [9.17, 15) is 9.18 Å². The first-order valence-electron chi connectivity index (χ1n) is 8.89. The second-order valence-electron chi connectivity index (χ2n) is 6.67. The largest absolute Gasteiger partial charge is 0.323 e. The number of carbonyl (C=O) groups excluding carboxylic acids is 1. The van der Waals surface area contributed by atoms with Gasteiger partial charge in [-0.15, -0.1) is 0 Å². The molecule has 6 heteroatoms. The lowest BCUT2D eigenvalue weighted by Crippen LogP contribution is -2.19. The van der Waals surface area contributed by atoms with Crippen molar-refractivity contribution in [2.45, 2.75) is 13.8 Å². The van der Waals surface area contributed by atoms with Gasteiger partial charge in [0.15, 0.2) is 0 Å². The van der Waals surface area contributed by atoms with Gasteiger partial charge in [-0.1, -0.05) is 24.3 Å². The van der Waals surface area contributed by atoms with E-state index in [0.29, 0.717) is 16.9 Å². The molecule has 3 aromatic carbocycles. The molecule has 0 aliphatic carbocycles. The summed E-state index contributed by atoms with van der Waals surface area (Å²) in [5.74, 6) is -0.301. The number of H-pyrrole nitrogens is 1. The number of nitrogens with one attached hydrogen (secondary N) is 3. The number of aryl methyl sites for hydroxylation is 2. The van der Waals surface area contributed by atoms with Crippen LogP contribution in [-0.2, 0) is 0 Å². The van der Waals surface area contributed by atoms with Crippen LogP contribution in [0.2, 0.25) is 0 Å². The molecule has 4 aromatic rings. The van der Waals surface area contributed by atoms with Crippen molar-refractivity contribution in [2.24, 2.45) is 0 Å². The molecule has 28 heavy (non-hydrogen) atoms. The van der Waals surface area contributed by atoms with Crippen molar-refractivity contribution in [1.29, 1.82) is 0 Å². The lowest BCUT2D eigenvalue weighted by molar-refractivity contribution is 0.262. The molecule has 1 heterocycles. The molecular formula is C22H19FN4O. The van der Waals surface area contributed by atoms with Gasteiger partial charge in [-0.3, -0.25) is 5.10 Å². The Bertz CT molecular complexity index is 1170. The van der Waals surface area contributed by atoms with E-state index in [4.69, 9.17) is 0 Å². The van der Waals surface area contributed by atoms with Gasteiger partial charge < -0.3 is 10.6 Å². The Morgan fingerprint density at radius 3 is 2.43 bits per heavy atom. The summed E-state index contributed by atoms with van der Waals surface area (Å²) in [5, 5.41) is 13.9. The Labute approximate surface area is 161 Å². The third-order valence-electron chi connectivity index (χ3n) is 4.63. The molecule has 0 unspecified atom stereocenters. The number of benzene rings is 3. The zero-order valence-corrected chi connectivity index (χ0v) is 15.5. The van der Waals surface area contributed by atoms with Gasteiger partial charge in [-0.2, -0.15) is 5.10 Å². The molecule has 0 saturated heterocycles. The molecule has 0 saturated carbocycles. The quantitative estimate of drug-likeness (QED) is 0.435. The van der Waals surface area contributed by atoms with E-state index in [1.807, 2.05) is 43.3 Å². The monoisotopic (exact) mass is 374 g/mol. The van der Waals surface area contributed by atoms with E-state index >= 15 is 0 Å². The number of hydrogen-bond acceptors (Lipinski definition) is 2. The molecular weight excluding hydrogens is 355 g/mol. The zero-order chi connectivity index (χ0) is 19.7. The first kappa shape index (κ1) is 17.7. The molecule has 0 aliphatic rings. The summed E-state index contributed by atoms with van der Waals surface area (Å²) >= 11 is 0. The van der Waals surface area contributed by atoms with Crippen LogP contribution in [0.25, 0.3) is 22.0 Å². The van der Waals surface area contributed by atoms with Gasteiger partial charge in [0, 0.05) is 22.5 Å². The molecule has 0 atom stereocenters. The van der Waals surface area contributed by atoms with Gasteiger partial charge >= 0.3 is 6.03 Å². The molecule has 2 amide bonds. The summed E-state index contributed by atoms with van der Waals surface area (Å²) in [6.45, 7) is 3.65. The number of nitrogens with zero attached hydrogens (tertiary/aromatic N) is 1. The number of carbonyl (C=O) groups is 1. The van der Waals surface area contributed by atoms with E-state index in [-0.39, 0.29) is 11.8 Å². The summed E-state index contributed by atoms with van der Waals surface area (Å²) in [7, 11) is 0. The van der Waals surface area contributed by atoms with Crippen LogP contribution in [0.4, 0.5) is 20.6 Å². The average molecular weight is 374 g/mol. The molecule has 1 aromatic heterocycles. The second-order valence-corrected chi connectivity index (χ2v) is 6.67. The maximum atomic E-state index is 13.3. The van der Waals surface area contributed by atoms with Gasteiger partial charge in [-0.05, 0) is 66.9 Å². The Balaban J connectivity index is 1.51. The number of rotatable bonds is 3. The number of fused-ring (bicyclic) bond motifs is 1. The molecule has 0 aliphatic heterocycles. The number of aromatic amines is 1. The highest BCUT2D eigenvalue weighted by Gasteiger charge is 2.09. The van der Waals surface area contributed by atoms with Gasteiger partial charge in [-0.25, -0.2) is 9.18 Å². The Kier molecular flexibility index (Phi) is 4.53. The standard InChI is InChI=1S/C22H19FN4O/c1-13-12-17(10-11-19(13)23)25-22(28)24-16-8-6-15(7-9-16)18-4-3-5-20-21(18)14(2)26-27-20/h3-12H,1-2H3,(H,26,27)(H2,24,25,28). The van der Waals surface area contributed by atoms with Crippen molar-refractivity contribution in [3.8, 4) is 11.1 Å². The smallest absolute Gasteiger partial charge is 0.308 e. The van der Waals surface area contributed by atoms with Crippen molar-refractivity contribution in [3.63, 3.8) is 0 Å². The zero-order valence-electron chi connectivity index (χ0n) is 15.5. The van der Waals surface area contributed by atoms with Crippen LogP contribution >= 0.6 is 0 Å². The molecule has 0 radical (unpaired) electrons. The van der Waals surface area contributed by atoms with Crippen molar-refractivity contribution in [3.05, 3.63) is 77.7 Å². The molecule has 0 bridgehead atoms. The number of hydrogen-bond donors (Lipinski definition) is 3. The highest BCUT2D eigenvalue weighted by Crippen LogP contribution is 2.30. The number of halogens is 1. The highest BCUT2D eigenvalue weighted by atomic mass is 19.1. The number of amides is 2. The van der Waals surface area contributed by atoms with Crippen molar-refractivity contribution in [1.82, 2.24) is 10.2 Å². The summed E-state index contributed by atoms with van der Waals surface area (Å²) < 4.78 is 13.3. The fourth-order valence-electron chi connectivity index (χ4n) is 3.22. The van der Waals surface area contributed by atoms with E-state index in [1.165, 1.54) is 12.1 Å². The number of aromatic nitrogens is 2. The van der Waals surface area contributed by atoms with Crippen LogP contribution < -0.4 is 10.6 Å². The molecule has 0 fully saturated rings. The molecule has 4 rings (SSSR count). The number of urea groups is 1. The SMILES string of the molecule is Cc1cc(NC(=O)Nc2ccc(-c3cccc4n[nH]c(C)c34)cc2)ccc1F. The lowest BCUT2D eigenvalue weighted by Gasteiger charge is -2.10. The highest BCUT2D eigenvalue weighted by molar-refractivity contribution is 6.00. The summed E-state index contributed by atoms with van der Waals surface area (Å²) in [6.07, 6.45) is 0. The van der Waals surface area contributed by atoms with Crippen LogP contribution in [0.1, 0.15) is 11.3 Å². The van der Waals surface area contributed by atoms with Gasteiger partial charge in [0.2, 0.25) is 0 Å². The first-order chi connectivity index (χ1) is 13.5. The van der Waals surface area contributed by atoms with Crippen LogP contribution in [0, 0.1) is 19.7 Å². The van der Waals surface area contributed by atoms with E-state index in [2.05, 4.69) is 26.9 Å². The van der Waals surface area contributed by atoms with Gasteiger partial charge in [0.1, 0.15) is 5.82 Å². The third-order valence-corrected chi connectivity index (χ3v) is 4.63. The maximum absolute atomic E-state index is 13.3. The van der Waals surface area contributed by atoms with E-state index in [1.54, 1.807) is 13.0 Å². The Morgan fingerprint density at radius 2 is 1.68 bits per heavy atom.